The summed E-state index contributed by atoms with van der Waals surface area (Å²) in [6.07, 6.45) is 0. The number of ether oxygens (including phenoxy) is 2. The maximum Gasteiger partial charge on any atom is 0.301 e. The fourth-order valence-electron chi connectivity index (χ4n) is 4.36. The fraction of sp³-hybridized carbons (Fsp3) is 0.115. The molecule has 7 nitrogen and oxygen atoms in total. The van der Waals surface area contributed by atoms with E-state index in [1.54, 1.807) is 54.6 Å². The molecule has 1 atom stereocenters. The summed E-state index contributed by atoms with van der Waals surface area (Å²) in [6.45, 7) is 0.765. The number of aliphatic hydroxyl groups is 1. The first-order valence-corrected chi connectivity index (χ1v) is 13.0. The third kappa shape index (κ3) is 4.10. The minimum atomic E-state index is -1.01. The van der Waals surface area contributed by atoms with Crippen LogP contribution in [0.4, 0.5) is 5.13 Å². The van der Waals surface area contributed by atoms with E-state index in [-0.39, 0.29) is 21.5 Å². The fourth-order valence-corrected chi connectivity index (χ4v) is 5.94. The average Bonchev–Trinajstić information content (AvgIpc) is 3.42. The second kappa shape index (κ2) is 9.22. The molecule has 0 saturated carbocycles. The highest BCUT2D eigenvalue weighted by atomic mass is 35.5. The normalized spacial score (nSPS) is 18.6. The van der Waals surface area contributed by atoms with E-state index in [4.69, 9.17) is 44.3 Å². The number of aliphatic hydroxyl groups excluding tert-OH is 1. The van der Waals surface area contributed by atoms with Gasteiger partial charge in [0.2, 0.25) is 0 Å². The first-order valence-electron chi connectivity index (χ1n) is 11.0. The Morgan fingerprint density at radius 1 is 0.946 bits per heavy atom. The van der Waals surface area contributed by atoms with Crippen molar-refractivity contribution in [1.29, 1.82) is 0 Å². The molecular formula is C26H15Cl3N2O5S. The molecule has 3 heterocycles. The predicted molar refractivity (Wildman–Crippen MR) is 143 cm³/mol. The number of benzene rings is 3. The summed E-state index contributed by atoms with van der Waals surface area (Å²) in [5.74, 6) is -1.10. The van der Waals surface area contributed by atoms with Crippen molar-refractivity contribution in [2.24, 2.45) is 0 Å². The molecule has 37 heavy (non-hydrogen) atoms. The molecule has 0 aliphatic carbocycles. The molecule has 1 aromatic heterocycles. The molecule has 3 aromatic carbocycles. The quantitative estimate of drug-likeness (QED) is 0.168. The highest BCUT2D eigenvalue weighted by molar-refractivity contribution is 7.22. The van der Waals surface area contributed by atoms with Crippen LogP contribution in [0.2, 0.25) is 15.1 Å². The van der Waals surface area contributed by atoms with Gasteiger partial charge in [-0.2, -0.15) is 0 Å². The standard InChI is InChI=1S/C26H15Cl3N2O5S/c27-14-3-5-17-20(11-14)37-26(30-17)31-22(12-1-4-15(28)16(29)9-12)21(24(33)25(31)34)23(32)13-2-6-18-19(10-13)36-8-7-35-18/h1-6,9-11,22,32H,7-8H2. The zero-order chi connectivity index (χ0) is 25.8. The number of anilines is 1. The number of halogens is 3. The summed E-state index contributed by atoms with van der Waals surface area (Å²) >= 11 is 19.8. The molecule has 0 spiro atoms. The summed E-state index contributed by atoms with van der Waals surface area (Å²) in [7, 11) is 0. The lowest BCUT2D eigenvalue weighted by Gasteiger charge is -2.23. The van der Waals surface area contributed by atoms with Crippen molar-refractivity contribution in [2.45, 2.75) is 6.04 Å². The Balaban J connectivity index is 1.55. The van der Waals surface area contributed by atoms with Crippen LogP contribution in [0.3, 0.4) is 0 Å². The maximum absolute atomic E-state index is 13.4. The SMILES string of the molecule is O=C1C(=O)N(c2nc3ccc(Cl)cc3s2)C(c2ccc(Cl)c(Cl)c2)C1=C(O)c1ccc2c(c1)OCCO2. The van der Waals surface area contributed by atoms with Crippen LogP contribution in [0.25, 0.3) is 16.0 Å². The van der Waals surface area contributed by atoms with Crippen molar-refractivity contribution >= 4 is 78.9 Å². The number of carbonyl (C=O) groups excluding carboxylic acids is 2. The van der Waals surface area contributed by atoms with Crippen LogP contribution < -0.4 is 14.4 Å². The Morgan fingerprint density at radius 2 is 1.73 bits per heavy atom. The van der Waals surface area contributed by atoms with Crippen LogP contribution in [-0.4, -0.2) is 35.0 Å². The lowest BCUT2D eigenvalue weighted by atomic mass is 9.95. The molecule has 4 aromatic rings. The van der Waals surface area contributed by atoms with Gasteiger partial charge in [0.25, 0.3) is 5.78 Å². The minimum absolute atomic E-state index is 0.114. The van der Waals surface area contributed by atoms with E-state index >= 15 is 0 Å². The van der Waals surface area contributed by atoms with E-state index in [0.717, 1.165) is 4.70 Å². The number of hydrogen-bond donors (Lipinski definition) is 1. The Labute approximate surface area is 229 Å². The predicted octanol–water partition coefficient (Wildman–Crippen LogP) is 6.65. The van der Waals surface area contributed by atoms with Crippen LogP contribution in [0, 0.1) is 0 Å². The first-order chi connectivity index (χ1) is 17.8. The number of aromatic nitrogens is 1. The number of rotatable bonds is 3. The van der Waals surface area contributed by atoms with Gasteiger partial charge in [0.05, 0.1) is 31.9 Å². The molecule has 0 radical (unpaired) electrons. The second-order valence-electron chi connectivity index (χ2n) is 8.31. The van der Waals surface area contributed by atoms with E-state index in [2.05, 4.69) is 4.98 Å². The van der Waals surface area contributed by atoms with Crippen molar-refractivity contribution in [3.63, 3.8) is 0 Å². The third-order valence-electron chi connectivity index (χ3n) is 6.06. The van der Waals surface area contributed by atoms with Gasteiger partial charge in [-0.25, -0.2) is 4.98 Å². The van der Waals surface area contributed by atoms with Gasteiger partial charge in [-0.05, 0) is 54.1 Å². The number of thiazole rings is 1. The maximum atomic E-state index is 13.4. The summed E-state index contributed by atoms with van der Waals surface area (Å²) in [4.78, 5) is 32.7. The zero-order valence-corrected chi connectivity index (χ0v) is 21.8. The van der Waals surface area contributed by atoms with E-state index in [0.29, 0.717) is 51.4 Å². The Hall–Kier alpha value is -3.30. The van der Waals surface area contributed by atoms with Crippen molar-refractivity contribution in [3.8, 4) is 11.5 Å². The molecular weight excluding hydrogens is 559 g/mol. The number of carbonyl (C=O) groups is 2. The lowest BCUT2D eigenvalue weighted by Crippen LogP contribution is -2.29. The van der Waals surface area contributed by atoms with Crippen LogP contribution >= 0.6 is 46.1 Å². The summed E-state index contributed by atoms with van der Waals surface area (Å²) in [5.41, 5.74) is 1.27. The number of hydrogen-bond acceptors (Lipinski definition) is 7. The lowest BCUT2D eigenvalue weighted by molar-refractivity contribution is -0.132. The van der Waals surface area contributed by atoms with Gasteiger partial charge in [-0.1, -0.05) is 52.2 Å². The number of amides is 1. The second-order valence-corrected chi connectivity index (χ2v) is 10.6. The van der Waals surface area contributed by atoms with E-state index < -0.39 is 17.7 Å². The van der Waals surface area contributed by atoms with Crippen molar-refractivity contribution in [1.82, 2.24) is 4.98 Å². The molecule has 1 fully saturated rings. The van der Waals surface area contributed by atoms with Gasteiger partial charge in [0.1, 0.15) is 19.0 Å². The van der Waals surface area contributed by atoms with Crippen LogP contribution in [0.15, 0.2) is 60.2 Å². The highest BCUT2D eigenvalue weighted by Gasteiger charge is 2.48. The molecule has 1 N–H and O–H groups in total. The van der Waals surface area contributed by atoms with Crippen molar-refractivity contribution < 1.29 is 24.2 Å². The summed E-state index contributed by atoms with van der Waals surface area (Å²) in [5, 5.41) is 12.7. The average molecular weight is 574 g/mol. The molecule has 2 aliphatic rings. The van der Waals surface area contributed by atoms with Crippen LogP contribution in [0.5, 0.6) is 11.5 Å². The molecule has 1 saturated heterocycles. The first kappa shape index (κ1) is 24.1. The number of fused-ring (bicyclic) bond motifs is 2. The van der Waals surface area contributed by atoms with Crippen LogP contribution in [0.1, 0.15) is 17.2 Å². The van der Waals surface area contributed by atoms with Crippen molar-refractivity contribution in [2.75, 3.05) is 18.1 Å². The van der Waals surface area contributed by atoms with Crippen molar-refractivity contribution in [3.05, 3.63) is 86.4 Å². The van der Waals surface area contributed by atoms with Gasteiger partial charge < -0.3 is 14.6 Å². The molecule has 2 aliphatic heterocycles. The van der Waals surface area contributed by atoms with Gasteiger partial charge in [-0.15, -0.1) is 0 Å². The Kier molecular flexibility index (Phi) is 6.00. The van der Waals surface area contributed by atoms with E-state index in [9.17, 15) is 14.7 Å². The van der Waals surface area contributed by atoms with Crippen LogP contribution in [-0.2, 0) is 9.59 Å². The number of ketones is 1. The summed E-state index contributed by atoms with van der Waals surface area (Å²) < 4.78 is 11.9. The number of Topliss-reactive ketones (excluding diaryl/α,β-unsaturated/α-hetero) is 1. The summed E-state index contributed by atoms with van der Waals surface area (Å²) in [6, 6.07) is 13.7. The van der Waals surface area contributed by atoms with Gasteiger partial charge in [-0.3, -0.25) is 14.5 Å². The highest BCUT2D eigenvalue weighted by Crippen LogP contribution is 2.46. The van der Waals surface area contributed by atoms with Gasteiger partial charge in [0, 0.05) is 10.6 Å². The molecule has 0 bridgehead atoms. The molecule has 186 valence electrons. The monoisotopic (exact) mass is 572 g/mol. The molecule has 6 rings (SSSR count). The molecule has 1 amide bonds. The minimum Gasteiger partial charge on any atom is -0.507 e. The van der Waals surface area contributed by atoms with E-state index in [1.165, 1.54) is 16.2 Å². The largest absolute Gasteiger partial charge is 0.507 e. The molecule has 1 unspecified atom stereocenters. The Morgan fingerprint density at radius 3 is 2.51 bits per heavy atom. The van der Waals surface area contributed by atoms with Gasteiger partial charge in [0.15, 0.2) is 16.6 Å². The van der Waals surface area contributed by atoms with Gasteiger partial charge >= 0.3 is 5.91 Å². The topological polar surface area (TPSA) is 89.0 Å². The number of nitrogens with zero attached hydrogens (tertiary/aromatic N) is 2. The van der Waals surface area contributed by atoms with E-state index in [1.807, 2.05) is 0 Å². The Bertz CT molecular complexity index is 1650. The smallest absolute Gasteiger partial charge is 0.301 e. The third-order valence-corrected chi connectivity index (χ3v) is 8.06. The zero-order valence-electron chi connectivity index (χ0n) is 18.7. The molecule has 11 heteroatoms.